The van der Waals surface area contributed by atoms with E-state index in [1.165, 1.54) is 49.8 Å². The van der Waals surface area contributed by atoms with Gasteiger partial charge in [-0.25, -0.2) is 9.97 Å². The topological polar surface area (TPSA) is 50.3 Å². The second-order valence-electron chi connectivity index (χ2n) is 8.77. The number of nitrogens with zero attached hydrogens (tertiary/aromatic N) is 3. The third-order valence-corrected chi connectivity index (χ3v) is 6.00. The molecule has 1 aromatic rings. The fourth-order valence-electron chi connectivity index (χ4n) is 4.65. The number of hydrogen-bond donors (Lipinski definition) is 1. The van der Waals surface area contributed by atoms with Crippen molar-refractivity contribution in [2.24, 2.45) is 5.41 Å². The maximum Gasteiger partial charge on any atom is 0.225 e. The Bertz CT molecular complexity index is 591. The van der Waals surface area contributed by atoms with Crippen molar-refractivity contribution in [3.05, 3.63) is 17.5 Å². The van der Waals surface area contributed by atoms with E-state index in [1.807, 2.05) is 0 Å². The summed E-state index contributed by atoms with van der Waals surface area (Å²) in [5.74, 6) is 0.885. The molecule has 0 spiro atoms. The highest BCUT2D eigenvalue weighted by Crippen LogP contribution is 2.41. The summed E-state index contributed by atoms with van der Waals surface area (Å²) in [4.78, 5) is 12.0. The number of anilines is 1. The number of hydrogen-bond acceptors (Lipinski definition) is 5. The summed E-state index contributed by atoms with van der Waals surface area (Å²) in [6, 6.07) is 1.07. The normalized spacial score (nSPS) is 27.1. The van der Waals surface area contributed by atoms with Crippen molar-refractivity contribution in [1.82, 2.24) is 15.3 Å². The Morgan fingerprint density at radius 2 is 1.92 bits per heavy atom. The Hall–Kier alpha value is -1.20. The van der Waals surface area contributed by atoms with Gasteiger partial charge in [0, 0.05) is 36.9 Å². The van der Waals surface area contributed by atoms with E-state index in [1.54, 1.807) is 0 Å². The summed E-state index contributed by atoms with van der Waals surface area (Å²) in [7, 11) is 0. The predicted molar refractivity (Wildman–Crippen MR) is 99.9 cm³/mol. The van der Waals surface area contributed by atoms with E-state index in [4.69, 9.17) is 14.7 Å². The summed E-state index contributed by atoms with van der Waals surface area (Å²) in [5.41, 5.74) is 2.87. The van der Waals surface area contributed by atoms with E-state index in [9.17, 15) is 0 Å². The van der Waals surface area contributed by atoms with Gasteiger partial charge in [0.05, 0.1) is 18.9 Å². The third kappa shape index (κ3) is 3.98. The number of aromatic nitrogens is 2. The molecular formula is C20H32N4O. The molecule has 0 bridgehead atoms. The molecule has 1 aromatic heterocycles. The van der Waals surface area contributed by atoms with E-state index in [2.05, 4.69) is 30.3 Å². The lowest BCUT2D eigenvalue weighted by atomic mass is 9.73. The van der Waals surface area contributed by atoms with Crippen molar-refractivity contribution < 1.29 is 4.74 Å². The van der Waals surface area contributed by atoms with Gasteiger partial charge in [0.25, 0.3) is 0 Å². The highest BCUT2D eigenvalue weighted by molar-refractivity contribution is 5.36. The molecule has 2 heterocycles. The molecule has 5 heteroatoms. The molecule has 1 N–H and O–H groups in total. The van der Waals surface area contributed by atoms with Crippen LogP contribution in [0.2, 0.25) is 0 Å². The first-order chi connectivity index (χ1) is 12.1. The minimum Gasteiger partial charge on any atom is -0.378 e. The molecule has 3 aliphatic rings. The zero-order chi connectivity index (χ0) is 17.3. The third-order valence-electron chi connectivity index (χ3n) is 6.00. The maximum atomic E-state index is 5.46. The highest BCUT2D eigenvalue weighted by Gasteiger charge is 2.35. The second-order valence-corrected chi connectivity index (χ2v) is 8.77. The minimum atomic E-state index is 0.288. The Morgan fingerprint density at radius 1 is 1.16 bits per heavy atom. The predicted octanol–water partition coefficient (Wildman–Crippen LogP) is 3.25. The lowest BCUT2D eigenvalue weighted by Crippen LogP contribution is -2.41. The molecule has 2 aliphatic carbocycles. The molecule has 4 rings (SSSR count). The van der Waals surface area contributed by atoms with Crippen LogP contribution in [0, 0.1) is 5.41 Å². The summed E-state index contributed by atoms with van der Waals surface area (Å²) in [6.07, 6.45) is 11.1. The van der Waals surface area contributed by atoms with Crippen molar-refractivity contribution in [3.8, 4) is 0 Å². The summed E-state index contributed by atoms with van der Waals surface area (Å²) in [6.45, 7) is 8.09. The SMILES string of the molecule is CC1(C)Cc2nc(N3CCOCC3)ncc2C(NC2CCCCC2)C1. The molecule has 1 aliphatic heterocycles. The quantitative estimate of drug-likeness (QED) is 0.912. The number of rotatable bonds is 3. The molecule has 25 heavy (non-hydrogen) atoms. The van der Waals surface area contributed by atoms with E-state index in [0.717, 1.165) is 38.7 Å². The van der Waals surface area contributed by atoms with Gasteiger partial charge in [-0.3, -0.25) is 0 Å². The lowest BCUT2D eigenvalue weighted by Gasteiger charge is -2.39. The van der Waals surface area contributed by atoms with Crippen molar-refractivity contribution in [2.75, 3.05) is 31.2 Å². The van der Waals surface area contributed by atoms with E-state index >= 15 is 0 Å². The largest absolute Gasteiger partial charge is 0.378 e. The molecule has 2 fully saturated rings. The van der Waals surface area contributed by atoms with Crippen molar-refractivity contribution in [2.45, 2.75) is 70.9 Å². The van der Waals surface area contributed by atoms with Crippen LogP contribution >= 0.6 is 0 Å². The van der Waals surface area contributed by atoms with Gasteiger partial charge >= 0.3 is 0 Å². The molecule has 1 atom stereocenters. The first-order valence-corrected chi connectivity index (χ1v) is 10.1. The molecule has 0 radical (unpaired) electrons. The molecule has 0 aromatic carbocycles. The Morgan fingerprint density at radius 3 is 2.68 bits per heavy atom. The van der Waals surface area contributed by atoms with Crippen LogP contribution in [-0.2, 0) is 11.2 Å². The molecule has 1 saturated heterocycles. The molecular weight excluding hydrogens is 312 g/mol. The molecule has 1 saturated carbocycles. The second kappa shape index (κ2) is 7.20. The van der Waals surface area contributed by atoms with E-state index < -0.39 is 0 Å². The highest BCUT2D eigenvalue weighted by atomic mass is 16.5. The zero-order valence-electron chi connectivity index (χ0n) is 15.8. The van der Waals surface area contributed by atoms with Crippen LogP contribution in [-0.4, -0.2) is 42.3 Å². The van der Waals surface area contributed by atoms with Crippen LogP contribution in [0.5, 0.6) is 0 Å². The van der Waals surface area contributed by atoms with Crippen molar-refractivity contribution in [1.29, 1.82) is 0 Å². The van der Waals surface area contributed by atoms with Crippen LogP contribution in [0.3, 0.4) is 0 Å². The van der Waals surface area contributed by atoms with Gasteiger partial charge in [-0.2, -0.15) is 0 Å². The van der Waals surface area contributed by atoms with Gasteiger partial charge in [0.2, 0.25) is 5.95 Å². The molecule has 1 unspecified atom stereocenters. The zero-order valence-corrected chi connectivity index (χ0v) is 15.8. The van der Waals surface area contributed by atoms with Crippen LogP contribution in [0.4, 0.5) is 5.95 Å². The molecule has 138 valence electrons. The minimum absolute atomic E-state index is 0.288. The van der Waals surface area contributed by atoms with Gasteiger partial charge in [0.1, 0.15) is 0 Å². The van der Waals surface area contributed by atoms with Crippen molar-refractivity contribution >= 4 is 5.95 Å². The first-order valence-electron chi connectivity index (χ1n) is 10.1. The Kier molecular flexibility index (Phi) is 4.96. The average molecular weight is 345 g/mol. The van der Waals surface area contributed by atoms with Gasteiger partial charge in [-0.1, -0.05) is 33.1 Å². The summed E-state index contributed by atoms with van der Waals surface area (Å²) >= 11 is 0. The van der Waals surface area contributed by atoms with Crippen LogP contribution in [0.25, 0.3) is 0 Å². The fourth-order valence-corrected chi connectivity index (χ4v) is 4.65. The Balaban J connectivity index is 1.56. The van der Waals surface area contributed by atoms with Gasteiger partial charge < -0.3 is 15.0 Å². The van der Waals surface area contributed by atoms with Crippen LogP contribution in [0.15, 0.2) is 6.20 Å². The molecule has 0 amide bonds. The van der Waals surface area contributed by atoms with Gasteiger partial charge in [-0.05, 0) is 31.1 Å². The standard InChI is InChI=1S/C20H32N4O/c1-20(2)12-17(22-15-6-4-3-5-7-15)16-14-21-19(23-18(16)13-20)24-8-10-25-11-9-24/h14-15,17,22H,3-13H2,1-2H3. The maximum absolute atomic E-state index is 5.46. The fraction of sp³-hybridized carbons (Fsp3) is 0.800. The average Bonchev–Trinajstić information content (AvgIpc) is 2.62. The van der Waals surface area contributed by atoms with Crippen molar-refractivity contribution in [3.63, 3.8) is 0 Å². The number of nitrogens with one attached hydrogen (secondary N) is 1. The molecule has 5 nitrogen and oxygen atoms in total. The number of morpholine rings is 1. The number of ether oxygens (including phenoxy) is 1. The smallest absolute Gasteiger partial charge is 0.225 e. The van der Waals surface area contributed by atoms with Gasteiger partial charge in [-0.15, -0.1) is 0 Å². The summed E-state index contributed by atoms with van der Waals surface area (Å²) < 4.78 is 5.46. The summed E-state index contributed by atoms with van der Waals surface area (Å²) in [5, 5.41) is 3.96. The van der Waals surface area contributed by atoms with Gasteiger partial charge in [0.15, 0.2) is 0 Å². The number of fused-ring (bicyclic) bond motifs is 1. The van der Waals surface area contributed by atoms with E-state index in [-0.39, 0.29) is 5.41 Å². The van der Waals surface area contributed by atoms with Crippen LogP contribution in [0.1, 0.15) is 69.7 Å². The Labute approximate surface area is 151 Å². The van der Waals surface area contributed by atoms with Crippen LogP contribution < -0.4 is 10.2 Å². The monoisotopic (exact) mass is 344 g/mol. The van der Waals surface area contributed by atoms with E-state index in [0.29, 0.717) is 12.1 Å². The first kappa shape index (κ1) is 17.2. The lowest BCUT2D eigenvalue weighted by molar-refractivity contribution is 0.122.